The molecule has 0 aromatic carbocycles. The molecule has 72 valence electrons. The standard InChI is InChI=1S/C9H19NO2/c1-4-7-12-9(11)5-6-10-8(2)3/h8,10H,4-7H2,1-3H3. The molecule has 0 aliphatic rings. The van der Waals surface area contributed by atoms with Crippen LogP contribution in [0.3, 0.4) is 0 Å². The van der Waals surface area contributed by atoms with E-state index in [1.54, 1.807) is 0 Å². The average Bonchev–Trinajstić information content (AvgIpc) is 2.00. The van der Waals surface area contributed by atoms with Gasteiger partial charge in [0, 0.05) is 12.6 Å². The summed E-state index contributed by atoms with van der Waals surface area (Å²) in [5, 5.41) is 3.15. The third kappa shape index (κ3) is 7.54. The highest BCUT2D eigenvalue weighted by Gasteiger charge is 2.01. The van der Waals surface area contributed by atoms with Crippen molar-refractivity contribution in [2.24, 2.45) is 0 Å². The maximum Gasteiger partial charge on any atom is 0.307 e. The molecule has 0 radical (unpaired) electrons. The third-order valence-corrected chi connectivity index (χ3v) is 1.35. The van der Waals surface area contributed by atoms with Crippen molar-refractivity contribution in [3.05, 3.63) is 0 Å². The molecule has 0 aromatic rings. The molecule has 0 spiro atoms. The quantitative estimate of drug-likeness (QED) is 0.616. The Bertz CT molecular complexity index is 124. The SMILES string of the molecule is CCCOC(=O)CCNC(C)C. The van der Waals surface area contributed by atoms with Gasteiger partial charge in [0.1, 0.15) is 0 Å². The highest BCUT2D eigenvalue weighted by molar-refractivity contribution is 5.69. The Morgan fingerprint density at radius 2 is 2.17 bits per heavy atom. The van der Waals surface area contributed by atoms with Gasteiger partial charge in [0.05, 0.1) is 13.0 Å². The lowest BCUT2D eigenvalue weighted by molar-refractivity contribution is -0.143. The molecular weight excluding hydrogens is 154 g/mol. The van der Waals surface area contributed by atoms with Gasteiger partial charge >= 0.3 is 5.97 Å². The van der Waals surface area contributed by atoms with E-state index in [0.717, 1.165) is 6.42 Å². The average molecular weight is 173 g/mol. The molecule has 0 saturated heterocycles. The second-order valence-electron chi connectivity index (χ2n) is 3.08. The van der Waals surface area contributed by atoms with E-state index in [1.165, 1.54) is 0 Å². The van der Waals surface area contributed by atoms with Gasteiger partial charge in [-0.3, -0.25) is 4.79 Å². The Labute approximate surface area is 74.5 Å². The molecule has 0 atom stereocenters. The Morgan fingerprint density at radius 1 is 1.50 bits per heavy atom. The van der Waals surface area contributed by atoms with E-state index < -0.39 is 0 Å². The summed E-state index contributed by atoms with van der Waals surface area (Å²) >= 11 is 0. The van der Waals surface area contributed by atoms with Crippen molar-refractivity contribution in [2.75, 3.05) is 13.2 Å². The molecule has 0 fully saturated rings. The molecule has 0 amide bonds. The fourth-order valence-electron chi connectivity index (χ4n) is 0.751. The van der Waals surface area contributed by atoms with E-state index in [0.29, 0.717) is 25.6 Å². The summed E-state index contributed by atoms with van der Waals surface area (Å²) in [6.07, 6.45) is 1.36. The van der Waals surface area contributed by atoms with Gasteiger partial charge in [-0.05, 0) is 6.42 Å². The Kier molecular flexibility index (Phi) is 6.76. The molecule has 3 heteroatoms. The van der Waals surface area contributed by atoms with Gasteiger partial charge in [-0.25, -0.2) is 0 Å². The number of ether oxygens (including phenoxy) is 1. The summed E-state index contributed by atoms with van der Waals surface area (Å²) < 4.78 is 4.89. The minimum Gasteiger partial charge on any atom is -0.466 e. The van der Waals surface area contributed by atoms with Crippen molar-refractivity contribution >= 4 is 5.97 Å². The Morgan fingerprint density at radius 3 is 2.67 bits per heavy atom. The molecule has 0 rings (SSSR count). The van der Waals surface area contributed by atoms with Crippen LogP contribution < -0.4 is 5.32 Å². The Balaban J connectivity index is 3.20. The third-order valence-electron chi connectivity index (χ3n) is 1.35. The lowest BCUT2D eigenvalue weighted by atomic mass is 10.3. The van der Waals surface area contributed by atoms with Crippen molar-refractivity contribution in [1.82, 2.24) is 5.32 Å². The van der Waals surface area contributed by atoms with Crippen molar-refractivity contribution in [2.45, 2.75) is 39.7 Å². The summed E-state index contributed by atoms with van der Waals surface area (Å²) in [5.74, 6) is -0.106. The van der Waals surface area contributed by atoms with Gasteiger partial charge in [-0.1, -0.05) is 20.8 Å². The van der Waals surface area contributed by atoms with E-state index in [2.05, 4.69) is 19.2 Å². The zero-order valence-electron chi connectivity index (χ0n) is 8.22. The van der Waals surface area contributed by atoms with Crippen molar-refractivity contribution in [3.8, 4) is 0 Å². The highest BCUT2D eigenvalue weighted by Crippen LogP contribution is 1.88. The number of rotatable bonds is 6. The predicted octanol–water partition coefficient (Wildman–Crippen LogP) is 1.33. The summed E-state index contributed by atoms with van der Waals surface area (Å²) in [6.45, 7) is 7.34. The second kappa shape index (κ2) is 7.10. The maximum atomic E-state index is 10.9. The molecule has 0 saturated carbocycles. The topological polar surface area (TPSA) is 38.3 Å². The van der Waals surface area contributed by atoms with Gasteiger partial charge in [-0.2, -0.15) is 0 Å². The van der Waals surface area contributed by atoms with Gasteiger partial charge in [-0.15, -0.1) is 0 Å². The first-order valence-electron chi connectivity index (χ1n) is 4.55. The Hall–Kier alpha value is -0.570. The lowest BCUT2D eigenvalue weighted by Crippen LogP contribution is -2.26. The van der Waals surface area contributed by atoms with Crippen LogP contribution in [0.2, 0.25) is 0 Å². The molecule has 0 heterocycles. The van der Waals surface area contributed by atoms with E-state index in [4.69, 9.17) is 4.74 Å². The number of esters is 1. The minimum atomic E-state index is -0.106. The number of carbonyl (C=O) groups excluding carboxylic acids is 1. The number of carbonyl (C=O) groups is 1. The first-order chi connectivity index (χ1) is 5.66. The predicted molar refractivity (Wildman–Crippen MR) is 49.0 cm³/mol. The van der Waals surface area contributed by atoms with E-state index in [9.17, 15) is 4.79 Å². The normalized spacial score (nSPS) is 10.3. The minimum absolute atomic E-state index is 0.106. The van der Waals surface area contributed by atoms with Gasteiger partial charge in [0.2, 0.25) is 0 Å². The monoisotopic (exact) mass is 173 g/mol. The van der Waals surface area contributed by atoms with E-state index >= 15 is 0 Å². The van der Waals surface area contributed by atoms with Crippen LogP contribution in [0.1, 0.15) is 33.6 Å². The highest BCUT2D eigenvalue weighted by atomic mass is 16.5. The molecule has 12 heavy (non-hydrogen) atoms. The molecule has 0 aliphatic heterocycles. The summed E-state index contributed by atoms with van der Waals surface area (Å²) in [7, 11) is 0. The first kappa shape index (κ1) is 11.4. The van der Waals surface area contributed by atoms with Gasteiger partial charge in [0.15, 0.2) is 0 Å². The van der Waals surface area contributed by atoms with Gasteiger partial charge < -0.3 is 10.1 Å². The van der Waals surface area contributed by atoms with Crippen molar-refractivity contribution in [1.29, 1.82) is 0 Å². The molecule has 0 aromatic heterocycles. The number of hydrogen-bond donors (Lipinski definition) is 1. The lowest BCUT2D eigenvalue weighted by Gasteiger charge is -2.07. The van der Waals surface area contributed by atoms with Crippen LogP contribution in [0, 0.1) is 0 Å². The summed E-state index contributed by atoms with van der Waals surface area (Å²) in [5.41, 5.74) is 0. The smallest absolute Gasteiger partial charge is 0.307 e. The van der Waals surface area contributed by atoms with Crippen LogP contribution in [0.4, 0.5) is 0 Å². The first-order valence-corrected chi connectivity index (χ1v) is 4.55. The van der Waals surface area contributed by atoms with Gasteiger partial charge in [0.25, 0.3) is 0 Å². The number of hydrogen-bond acceptors (Lipinski definition) is 3. The van der Waals surface area contributed by atoms with Crippen molar-refractivity contribution < 1.29 is 9.53 Å². The fraction of sp³-hybridized carbons (Fsp3) is 0.889. The molecule has 0 aliphatic carbocycles. The van der Waals surface area contributed by atoms with Crippen molar-refractivity contribution in [3.63, 3.8) is 0 Å². The maximum absolute atomic E-state index is 10.9. The molecular formula is C9H19NO2. The van der Waals surface area contributed by atoms with Crippen LogP contribution in [0.25, 0.3) is 0 Å². The summed E-state index contributed by atoms with van der Waals surface area (Å²) in [6, 6.07) is 0.434. The van der Waals surface area contributed by atoms with Crippen LogP contribution in [-0.4, -0.2) is 25.2 Å². The number of nitrogens with one attached hydrogen (secondary N) is 1. The molecule has 0 unspecified atom stereocenters. The van der Waals surface area contributed by atoms with Crippen LogP contribution in [0.5, 0.6) is 0 Å². The molecule has 1 N–H and O–H groups in total. The summed E-state index contributed by atoms with van der Waals surface area (Å²) in [4.78, 5) is 10.9. The largest absolute Gasteiger partial charge is 0.466 e. The molecule has 3 nitrogen and oxygen atoms in total. The van der Waals surface area contributed by atoms with E-state index in [-0.39, 0.29) is 5.97 Å². The van der Waals surface area contributed by atoms with Crippen LogP contribution >= 0.6 is 0 Å². The second-order valence-corrected chi connectivity index (χ2v) is 3.08. The van der Waals surface area contributed by atoms with E-state index in [1.807, 2.05) is 6.92 Å². The zero-order chi connectivity index (χ0) is 9.40. The zero-order valence-corrected chi connectivity index (χ0v) is 8.22. The van der Waals surface area contributed by atoms with Crippen LogP contribution in [-0.2, 0) is 9.53 Å². The molecule has 0 bridgehead atoms. The fourth-order valence-corrected chi connectivity index (χ4v) is 0.751. The van der Waals surface area contributed by atoms with Crippen LogP contribution in [0.15, 0.2) is 0 Å².